The monoisotopic (exact) mass is 561 g/mol. The zero-order valence-corrected chi connectivity index (χ0v) is 23.1. The zero-order chi connectivity index (χ0) is 29.0. The summed E-state index contributed by atoms with van der Waals surface area (Å²) in [6, 6.07) is 19.4. The Bertz CT molecular complexity index is 1480. The number of carbonyl (C=O) groups is 4. The predicted octanol–water partition coefficient (Wildman–Crippen LogP) is 5.73. The normalized spacial score (nSPS) is 13.2. The van der Waals surface area contributed by atoms with Gasteiger partial charge in [0.2, 0.25) is 0 Å². The Morgan fingerprint density at radius 1 is 0.800 bits per heavy atom. The molecule has 0 aromatic heterocycles. The van der Waals surface area contributed by atoms with E-state index < -0.39 is 17.8 Å². The second-order valence-corrected chi connectivity index (χ2v) is 9.86. The van der Waals surface area contributed by atoms with Gasteiger partial charge in [-0.3, -0.25) is 14.4 Å². The van der Waals surface area contributed by atoms with E-state index >= 15 is 0 Å². The first kappa shape index (κ1) is 28.4. The molecule has 0 atom stereocenters. The lowest BCUT2D eigenvalue weighted by Gasteiger charge is -2.16. The number of anilines is 3. The number of hydrogen-bond donors (Lipinski definition) is 2. The molecule has 0 unspecified atom stereocenters. The molecular formula is C30H28ClN3O6. The number of hydrogen-bond acceptors (Lipinski definition) is 7. The SMILES string of the molecule is CC(C)OC(=O)c1cccc(N2C(=O)C(Cl)=C(Nc3ccc(C(=O)Nc4ccc(OC(C)C)cc4)cc3)C2=O)c1. The van der Waals surface area contributed by atoms with Crippen LogP contribution in [0.2, 0.25) is 0 Å². The molecule has 1 aliphatic rings. The molecule has 3 aromatic rings. The topological polar surface area (TPSA) is 114 Å². The Morgan fingerprint density at radius 2 is 1.45 bits per heavy atom. The zero-order valence-electron chi connectivity index (χ0n) is 22.4. The Balaban J connectivity index is 1.43. The van der Waals surface area contributed by atoms with E-state index in [0.717, 1.165) is 4.90 Å². The summed E-state index contributed by atoms with van der Waals surface area (Å²) in [5.41, 5.74) is 1.68. The van der Waals surface area contributed by atoms with Crippen LogP contribution in [-0.4, -0.2) is 35.9 Å². The van der Waals surface area contributed by atoms with Crippen molar-refractivity contribution in [3.05, 3.63) is 94.7 Å². The van der Waals surface area contributed by atoms with Crippen LogP contribution < -0.4 is 20.3 Å². The van der Waals surface area contributed by atoms with E-state index in [1.807, 2.05) is 13.8 Å². The first-order valence-corrected chi connectivity index (χ1v) is 13.0. The minimum atomic E-state index is -0.732. The summed E-state index contributed by atoms with van der Waals surface area (Å²) in [6.45, 7) is 7.31. The van der Waals surface area contributed by atoms with Crippen LogP contribution in [0.5, 0.6) is 5.75 Å². The maximum absolute atomic E-state index is 13.2. The fourth-order valence-electron chi connectivity index (χ4n) is 3.84. The molecule has 0 saturated heterocycles. The van der Waals surface area contributed by atoms with Crippen molar-refractivity contribution in [1.29, 1.82) is 0 Å². The van der Waals surface area contributed by atoms with Crippen molar-refractivity contribution in [3.63, 3.8) is 0 Å². The number of nitrogens with one attached hydrogen (secondary N) is 2. The number of esters is 1. The molecule has 2 N–H and O–H groups in total. The maximum Gasteiger partial charge on any atom is 0.338 e. The van der Waals surface area contributed by atoms with Gasteiger partial charge in [-0.2, -0.15) is 0 Å². The van der Waals surface area contributed by atoms with Crippen LogP contribution in [0.15, 0.2) is 83.5 Å². The molecule has 0 radical (unpaired) electrons. The molecule has 0 bridgehead atoms. The molecule has 3 amide bonds. The van der Waals surface area contributed by atoms with E-state index in [0.29, 0.717) is 22.7 Å². The van der Waals surface area contributed by atoms with Crippen molar-refractivity contribution >= 4 is 52.4 Å². The molecule has 0 spiro atoms. The maximum atomic E-state index is 13.2. The third-order valence-corrected chi connectivity index (χ3v) is 5.96. The molecule has 206 valence electrons. The van der Waals surface area contributed by atoms with Crippen molar-refractivity contribution in [3.8, 4) is 5.75 Å². The minimum Gasteiger partial charge on any atom is -0.491 e. The highest BCUT2D eigenvalue weighted by Gasteiger charge is 2.39. The van der Waals surface area contributed by atoms with Crippen LogP contribution >= 0.6 is 11.6 Å². The van der Waals surface area contributed by atoms with E-state index in [1.165, 1.54) is 18.2 Å². The molecule has 0 fully saturated rings. The fourth-order valence-corrected chi connectivity index (χ4v) is 4.05. The molecule has 3 aromatic carbocycles. The van der Waals surface area contributed by atoms with Gasteiger partial charge in [0.25, 0.3) is 17.7 Å². The molecule has 9 nitrogen and oxygen atoms in total. The number of rotatable bonds is 9. The second kappa shape index (κ2) is 12.0. The van der Waals surface area contributed by atoms with E-state index in [9.17, 15) is 19.2 Å². The van der Waals surface area contributed by atoms with Crippen molar-refractivity contribution in [1.82, 2.24) is 0 Å². The second-order valence-electron chi connectivity index (χ2n) is 9.49. The number of amides is 3. The number of ether oxygens (including phenoxy) is 2. The molecule has 1 aliphatic heterocycles. The molecule has 1 heterocycles. The highest BCUT2D eigenvalue weighted by Crippen LogP contribution is 2.31. The number of benzene rings is 3. The van der Waals surface area contributed by atoms with Crippen LogP contribution in [0.25, 0.3) is 0 Å². The third kappa shape index (κ3) is 6.50. The van der Waals surface area contributed by atoms with E-state index in [4.69, 9.17) is 21.1 Å². The third-order valence-electron chi connectivity index (χ3n) is 5.61. The number of imide groups is 1. The Labute approximate surface area is 236 Å². The standard InChI is InChI=1S/C30H28ClN3O6/c1-17(2)39-24-14-12-22(13-15-24)33-27(35)19-8-10-21(11-9-19)32-26-25(31)28(36)34(29(26)37)23-7-5-6-20(16-23)30(38)40-18(3)4/h5-18,32H,1-4H3,(H,33,35). The molecule has 0 saturated carbocycles. The van der Waals surface area contributed by atoms with E-state index in [1.54, 1.807) is 68.4 Å². The Morgan fingerprint density at radius 3 is 2.08 bits per heavy atom. The van der Waals surface area contributed by atoms with Crippen molar-refractivity contribution in [2.45, 2.75) is 39.9 Å². The van der Waals surface area contributed by atoms with Gasteiger partial charge in [-0.25, -0.2) is 9.69 Å². The van der Waals surface area contributed by atoms with E-state index in [-0.39, 0.29) is 40.1 Å². The smallest absolute Gasteiger partial charge is 0.338 e. The summed E-state index contributed by atoms with van der Waals surface area (Å²) in [7, 11) is 0. The van der Waals surface area contributed by atoms with Gasteiger partial charge in [-0.1, -0.05) is 17.7 Å². The van der Waals surface area contributed by atoms with Crippen LogP contribution in [0.4, 0.5) is 17.1 Å². The molecular weight excluding hydrogens is 534 g/mol. The quantitative estimate of drug-likeness (QED) is 0.253. The molecule has 0 aliphatic carbocycles. The lowest BCUT2D eigenvalue weighted by atomic mass is 10.1. The lowest BCUT2D eigenvalue weighted by molar-refractivity contribution is -0.120. The predicted molar refractivity (Wildman–Crippen MR) is 153 cm³/mol. The van der Waals surface area contributed by atoms with Crippen LogP contribution in [0, 0.1) is 0 Å². The van der Waals surface area contributed by atoms with Gasteiger partial charge in [-0.15, -0.1) is 0 Å². The van der Waals surface area contributed by atoms with Gasteiger partial charge >= 0.3 is 5.97 Å². The minimum absolute atomic E-state index is 0.0467. The first-order valence-electron chi connectivity index (χ1n) is 12.6. The van der Waals surface area contributed by atoms with Gasteiger partial charge in [-0.05, 0) is 94.4 Å². The first-order chi connectivity index (χ1) is 19.0. The summed E-state index contributed by atoms with van der Waals surface area (Å²) in [5.74, 6) is -1.61. The molecule has 4 rings (SSSR count). The summed E-state index contributed by atoms with van der Waals surface area (Å²) in [6.07, 6.45) is -0.280. The highest BCUT2D eigenvalue weighted by atomic mass is 35.5. The van der Waals surface area contributed by atoms with Gasteiger partial charge in [0, 0.05) is 16.9 Å². The van der Waals surface area contributed by atoms with Crippen LogP contribution in [0.3, 0.4) is 0 Å². The molecule has 40 heavy (non-hydrogen) atoms. The average Bonchev–Trinajstić information content (AvgIpc) is 3.12. The Hall–Kier alpha value is -4.63. The Kier molecular flexibility index (Phi) is 8.55. The van der Waals surface area contributed by atoms with Gasteiger partial charge in [0.05, 0.1) is 23.5 Å². The highest BCUT2D eigenvalue weighted by molar-refractivity contribution is 6.53. The summed E-state index contributed by atoms with van der Waals surface area (Å²) < 4.78 is 10.8. The van der Waals surface area contributed by atoms with Crippen molar-refractivity contribution in [2.75, 3.05) is 15.5 Å². The number of halogens is 1. The van der Waals surface area contributed by atoms with Crippen molar-refractivity contribution < 1.29 is 28.7 Å². The van der Waals surface area contributed by atoms with Gasteiger partial charge < -0.3 is 20.1 Å². The fraction of sp³-hybridized carbons (Fsp3) is 0.200. The summed E-state index contributed by atoms with van der Waals surface area (Å²) in [5, 5.41) is 5.39. The summed E-state index contributed by atoms with van der Waals surface area (Å²) >= 11 is 6.24. The average molecular weight is 562 g/mol. The van der Waals surface area contributed by atoms with Crippen LogP contribution in [0.1, 0.15) is 48.4 Å². The lowest BCUT2D eigenvalue weighted by Crippen LogP contribution is -2.32. The van der Waals surface area contributed by atoms with Crippen LogP contribution in [-0.2, 0) is 14.3 Å². The molecule has 10 heteroatoms. The largest absolute Gasteiger partial charge is 0.491 e. The van der Waals surface area contributed by atoms with Gasteiger partial charge in [0.15, 0.2) is 0 Å². The summed E-state index contributed by atoms with van der Waals surface area (Å²) in [4.78, 5) is 51.9. The van der Waals surface area contributed by atoms with Gasteiger partial charge in [0.1, 0.15) is 16.5 Å². The number of carbonyl (C=O) groups excluding carboxylic acids is 4. The van der Waals surface area contributed by atoms with E-state index in [2.05, 4.69) is 10.6 Å². The van der Waals surface area contributed by atoms with Crippen molar-refractivity contribution in [2.24, 2.45) is 0 Å². The number of nitrogens with zero attached hydrogens (tertiary/aromatic N) is 1.